The Morgan fingerprint density at radius 3 is 2.42 bits per heavy atom. The summed E-state index contributed by atoms with van der Waals surface area (Å²) >= 11 is 5.50. The predicted octanol–water partition coefficient (Wildman–Crippen LogP) is 5.92. The first-order valence-electron chi connectivity index (χ1n) is 10.9. The molecule has 1 heterocycles. The molecule has 0 radical (unpaired) electrons. The summed E-state index contributed by atoms with van der Waals surface area (Å²) in [6.45, 7) is 4.16. The number of barbiturate groups is 1. The Morgan fingerprint density at radius 2 is 1.75 bits per heavy atom. The van der Waals surface area contributed by atoms with E-state index in [-0.39, 0.29) is 5.57 Å². The molecule has 0 bridgehead atoms. The van der Waals surface area contributed by atoms with E-state index in [1.54, 1.807) is 37.3 Å². The number of urea groups is 1. The first-order valence-corrected chi connectivity index (χ1v) is 12.8. The molecule has 1 N–H and O–H groups in total. The zero-order valence-electron chi connectivity index (χ0n) is 19.7. The van der Waals surface area contributed by atoms with Gasteiger partial charge in [0.25, 0.3) is 11.8 Å². The number of carbonyl (C=O) groups is 3. The van der Waals surface area contributed by atoms with Crippen LogP contribution in [0, 0.1) is 17.4 Å². The maximum atomic E-state index is 13.3. The number of hydrogen-bond donors (Lipinski definition) is 1. The van der Waals surface area contributed by atoms with E-state index in [0.717, 1.165) is 18.5 Å². The number of nitrogens with zero attached hydrogens (tertiary/aromatic N) is 1. The Bertz CT molecular complexity index is 1400. The van der Waals surface area contributed by atoms with Gasteiger partial charge in [-0.1, -0.05) is 45.8 Å². The van der Waals surface area contributed by atoms with Gasteiger partial charge in [0.1, 0.15) is 12.2 Å². The van der Waals surface area contributed by atoms with Crippen molar-refractivity contribution in [2.75, 3.05) is 12.0 Å². The van der Waals surface area contributed by atoms with Crippen molar-refractivity contribution >= 4 is 68.1 Å². The quantitative estimate of drug-likeness (QED) is 0.202. The van der Waals surface area contributed by atoms with Crippen molar-refractivity contribution in [2.45, 2.75) is 20.5 Å². The number of nitrogens with one attached hydrogen (secondary N) is 1. The summed E-state index contributed by atoms with van der Waals surface area (Å²) in [5.74, 6) is -0.448. The second kappa shape index (κ2) is 10.8. The second-order valence-electron chi connectivity index (χ2n) is 8.20. The van der Waals surface area contributed by atoms with E-state index in [9.17, 15) is 14.4 Å². The van der Waals surface area contributed by atoms with Gasteiger partial charge in [-0.2, -0.15) is 0 Å². The highest BCUT2D eigenvalue weighted by Gasteiger charge is 2.37. The summed E-state index contributed by atoms with van der Waals surface area (Å²) in [7, 11) is 1.52. The molecule has 0 aliphatic carbocycles. The molecule has 3 aromatic rings. The van der Waals surface area contributed by atoms with Gasteiger partial charge in [0.15, 0.2) is 11.5 Å². The van der Waals surface area contributed by atoms with E-state index in [1.807, 2.05) is 31.2 Å². The Hall–Kier alpha value is -3.18. The van der Waals surface area contributed by atoms with Crippen molar-refractivity contribution in [3.8, 4) is 11.5 Å². The zero-order valence-corrected chi connectivity index (χ0v) is 23.5. The van der Waals surface area contributed by atoms with Crippen molar-refractivity contribution in [1.82, 2.24) is 5.32 Å². The van der Waals surface area contributed by atoms with Gasteiger partial charge in [0.2, 0.25) is 0 Å². The van der Waals surface area contributed by atoms with Crippen LogP contribution in [0.1, 0.15) is 22.3 Å². The minimum atomic E-state index is -0.792. The van der Waals surface area contributed by atoms with E-state index in [0.29, 0.717) is 34.9 Å². The number of benzene rings is 3. The first kappa shape index (κ1) is 25.9. The van der Waals surface area contributed by atoms with Crippen molar-refractivity contribution in [3.63, 3.8) is 0 Å². The smallest absolute Gasteiger partial charge is 0.335 e. The molecular weight excluding hydrogens is 639 g/mol. The summed E-state index contributed by atoms with van der Waals surface area (Å²) in [6, 6.07) is 15.9. The van der Waals surface area contributed by atoms with E-state index in [2.05, 4.69) is 43.8 Å². The lowest BCUT2D eigenvalue weighted by Crippen LogP contribution is -2.54. The van der Waals surface area contributed by atoms with Crippen LogP contribution in [0.25, 0.3) is 6.08 Å². The van der Waals surface area contributed by atoms with Crippen LogP contribution in [0.15, 0.2) is 64.6 Å². The molecular formula is C27H22BrIN2O5. The molecule has 36 heavy (non-hydrogen) atoms. The van der Waals surface area contributed by atoms with Crippen molar-refractivity contribution in [2.24, 2.45) is 0 Å². The van der Waals surface area contributed by atoms with Crippen LogP contribution in [0.5, 0.6) is 11.5 Å². The van der Waals surface area contributed by atoms with Gasteiger partial charge in [0.05, 0.1) is 16.4 Å². The number of hydrogen-bond acceptors (Lipinski definition) is 5. The van der Waals surface area contributed by atoms with Crippen molar-refractivity contribution in [1.29, 1.82) is 0 Å². The second-order valence-corrected chi connectivity index (χ2v) is 10.3. The maximum absolute atomic E-state index is 13.3. The van der Waals surface area contributed by atoms with Crippen LogP contribution < -0.4 is 19.7 Å². The summed E-state index contributed by atoms with van der Waals surface area (Å²) in [5, 5.41) is 2.26. The van der Waals surface area contributed by atoms with Crippen LogP contribution in [0.4, 0.5) is 10.5 Å². The molecule has 184 valence electrons. The van der Waals surface area contributed by atoms with E-state index >= 15 is 0 Å². The molecule has 3 aromatic carbocycles. The third kappa shape index (κ3) is 5.46. The molecule has 1 aliphatic heterocycles. The molecule has 0 atom stereocenters. The summed E-state index contributed by atoms with van der Waals surface area (Å²) in [6.07, 6.45) is 1.44. The Balaban J connectivity index is 1.65. The highest BCUT2D eigenvalue weighted by atomic mass is 127. The fraction of sp³-hybridized carbons (Fsp3) is 0.148. The minimum absolute atomic E-state index is 0.164. The topological polar surface area (TPSA) is 84.9 Å². The van der Waals surface area contributed by atoms with E-state index in [1.165, 1.54) is 18.7 Å². The van der Waals surface area contributed by atoms with Crippen LogP contribution >= 0.6 is 38.5 Å². The SMILES string of the molecule is COc1cc(/C=C2/C(=O)NC(=O)N(c3ccc(Br)cc3C)C2=O)cc(I)c1OCc1ccc(C)cc1. The van der Waals surface area contributed by atoms with Gasteiger partial charge in [-0.05, 0) is 89.5 Å². The highest BCUT2D eigenvalue weighted by Crippen LogP contribution is 2.36. The predicted molar refractivity (Wildman–Crippen MR) is 149 cm³/mol. The number of ether oxygens (including phenoxy) is 2. The molecule has 0 saturated carbocycles. The Labute approximate surface area is 230 Å². The van der Waals surface area contributed by atoms with Crippen molar-refractivity contribution in [3.05, 3.63) is 90.5 Å². The van der Waals surface area contributed by atoms with Gasteiger partial charge in [-0.15, -0.1) is 0 Å². The van der Waals surface area contributed by atoms with Crippen molar-refractivity contribution < 1.29 is 23.9 Å². The highest BCUT2D eigenvalue weighted by molar-refractivity contribution is 14.1. The number of rotatable bonds is 6. The fourth-order valence-corrected chi connectivity index (χ4v) is 4.97. The number of anilines is 1. The summed E-state index contributed by atoms with van der Waals surface area (Å²) < 4.78 is 13.1. The van der Waals surface area contributed by atoms with E-state index in [4.69, 9.17) is 9.47 Å². The molecule has 7 nitrogen and oxygen atoms in total. The number of carbonyl (C=O) groups excluding carboxylic acids is 3. The van der Waals surface area contributed by atoms with E-state index < -0.39 is 17.8 Å². The fourth-order valence-electron chi connectivity index (χ4n) is 3.72. The standard InChI is InChI=1S/C27H22BrIN2O5/c1-15-4-6-17(7-5-15)14-36-24-21(29)12-18(13-23(24)35-3)11-20-25(32)30-27(34)31(26(20)33)22-9-8-19(28)10-16(22)2/h4-13H,14H2,1-3H3,(H,30,32,34)/b20-11-. The molecule has 0 aromatic heterocycles. The molecule has 1 fully saturated rings. The third-order valence-electron chi connectivity index (χ3n) is 5.57. The molecule has 9 heteroatoms. The zero-order chi connectivity index (χ0) is 26.0. The van der Waals surface area contributed by atoms with Gasteiger partial charge in [-0.3, -0.25) is 14.9 Å². The Morgan fingerprint density at radius 1 is 1.03 bits per heavy atom. The average Bonchev–Trinajstić information content (AvgIpc) is 2.83. The number of imide groups is 2. The summed E-state index contributed by atoms with van der Waals surface area (Å²) in [4.78, 5) is 39.4. The maximum Gasteiger partial charge on any atom is 0.335 e. The third-order valence-corrected chi connectivity index (χ3v) is 6.86. The minimum Gasteiger partial charge on any atom is -0.493 e. The van der Waals surface area contributed by atoms with Crippen LogP contribution in [-0.2, 0) is 16.2 Å². The van der Waals surface area contributed by atoms with Gasteiger partial charge in [-0.25, -0.2) is 9.69 Å². The average molecular weight is 661 g/mol. The molecule has 4 amide bonds. The number of halogens is 2. The monoisotopic (exact) mass is 660 g/mol. The van der Waals surface area contributed by atoms with Gasteiger partial charge >= 0.3 is 6.03 Å². The van der Waals surface area contributed by atoms with Gasteiger partial charge < -0.3 is 9.47 Å². The van der Waals surface area contributed by atoms with Crippen LogP contribution in [0.2, 0.25) is 0 Å². The number of aryl methyl sites for hydroxylation is 2. The van der Waals surface area contributed by atoms with Gasteiger partial charge in [0, 0.05) is 4.47 Å². The molecule has 4 rings (SSSR count). The lowest BCUT2D eigenvalue weighted by Gasteiger charge is -2.27. The molecule has 1 aliphatic rings. The lowest BCUT2D eigenvalue weighted by molar-refractivity contribution is -0.122. The molecule has 1 saturated heterocycles. The lowest BCUT2D eigenvalue weighted by atomic mass is 10.1. The van der Waals surface area contributed by atoms with Crippen LogP contribution in [-0.4, -0.2) is 25.0 Å². The molecule has 0 unspecified atom stereocenters. The number of methoxy groups -OCH3 is 1. The number of amides is 4. The molecule has 0 spiro atoms. The normalized spacial score (nSPS) is 14.8. The largest absolute Gasteiger partial charge is 0.493 e. The Kier molecular flexibility index (Phi) is 7.79. The first-order chi connectivity index (χ1) is 17.2. The van der Waals surface area contributed by atoms with Crippen LogP contribution in [0.3, 0.4) is 0 Å². The summed E-state index contributed by atoms with van der Waals surface area (Å²) in [5.41, 5.74) is 3.67.